The van der Waals surface area contributed by atoms with Gasteiger partial charge in [0.05, 0.1) is 6.10 Å². The molecular weight excluding hydrogens is 180 g/mol. The maximum Gasteiger partial charge on any atom is 0.125 e. The molecule has 0 fully saturated rings. The lowest BCUT2D eigenvalue weighted by atomic mass is 9.85. The zero-order valence-electron chi connectivity index (χ0n) is 10.2. The molecule has 0 radical (unpaired) electrons. The first-order valence-corrected chi connectivity index (χ1v) is 4.87. The third-order valence-electron chi connectivity index (χ3n) is 2.09. The van der Waals surface area contributed by atoms with Crippen LogP contribution in [0.1, 0.15) is 34.1 Å². The van der Waals surface area contributed by atoms with Crippen LogP contribution in [0.4, 0.5) is 0 Å². The summed E-state index contributed by atoms with van der Waals surface area (Å²) in [5, 5.41) is 7.00. The molecule has 0 aromatic rings. The Kier molecular flexibility index (Phi) is 9.10. The SMILES string of the molecule is CO.COC(CC(C)(C)C=O)C(C)C. The van der Waals surface area contributed by atoms with Gasteiger partial charge in [0, 0.05) is 19.6 Å². The number of hydrogen-bond acceptors (Lipinski definition) is 3. The van der Waals surface area contributed by atoms with Gasteiger partial charge >= 0.3 is 0 Å². The van der Waals surface area contributed by atoms with Gasteiger partial charge < -0.3 is 14.6 Å². The number of methoxy groups -OCH3 is 1. The van der Waals surface area contributed by atoms with Crippen molar-refractivity contribution in [1.82, 2.24) is 0 Å². The molecule has 0 bridgehead atoms. The molecule has 86 valence electrons. The van der Waals surface area contributed by atoms with Gasteiger partial charge in [0.15, 0.2) is 0 Å². The third kappa shape index (κ3) is 7.04. The van der Waals surface area contributed by atoms with Gasteiger partial charge in [-0.1, -0.05) is 27.7 Å². The van der Waals surface area contributed by atoms with Gasteiger partial charge in [0.2, 0.25) is 0 Å². The fourth-order valence-corrected chi connectivity index (χ4v) is 1.16. The van der Waals surface area contributed by atoms with Crippen LogP contribution in [0.15, 0.2) is 0 Å². The molecule has 1 N–H and O–H groups in total. The van der Waals surface area contributed by atoms with Crippen LogP contribution in [0.3, 0.4) is 0 Å². The zero-order valence-corrected chi connectivity index (χ0v) is 10.2. The average molecular weight is 204 g/mol. The molecule has 0 saturated carbocycles. The Labute approximate surface area is 87.5 Å². The number of rotatable bonds is 5. The predicted molar refractivity (Wildman–Crippen MR) is 58.2 cm³/mol. The molecule has 3 nitrogen and oxygen atoms in total. The van der Waals surface area contributed by atoms with E-state index in [-0.39, 0.29) is 11.5 Å². The maximum atomic E-state index is 10.6. The molecule has 0 aromatic carbocycles. The minimum Gasteiger partial charge on any atom is -0.400 e. The summed E-state index contributed by atoms with van der Waals surface area (Å²) in [5.41, 5.74) is -0.259. The highest BCUT2D eigenvalue weighted by Crippen LogP contribution is 2.24. The Morgan fingerprint density at radius 1 is 1.36 bits per heavy atom. The molecule has 14 heavy (non-hydrogen) atoms. The van der Waals surface area contributed by atoms with Crippen LogP contribution in [-0.2, 0) is 9.53 Å². The van der Waals surface area contributed by atoms with Crippen molar-refractivity contribution in [3.63, 3.8) is 0 Å². The highest BCUT2D eigenvalue weighted by Gasteiger charge is 2.24. The van der Waals surface area contributed by atoms with Crippen LogP contribution in [0.25, 0.3) is 0 Å². The van der Waals surface area contributed by atoms with E-state index in [1.165, 1.54) is 0 Å². The van der Waals surface area contributed by atoms with Gasteiger partial charge in [0.25, 0.3) is 0 Å². The molecule has 0 aliphatic heterocycles. The first-order chi connectivity index (χ1) is 6.43. The van der Waals surface area contributed by atoms with Crippen molar-refractivity contribution in [2.75, 3.05) is 14.2 Å². The normalized spacial score (nSPS) is 13.1. The second-order valence-corrected chi connectivity index (χ2v) is 4.33. The lowest BCUT2D eigenvalue weighted by Gasteiger charge is -2.26. The Hall–Kier alpha value is -0.410. The van der Waals surface area contributed by atoms with Crippen molar-refractivity contribution in [2.45, 2.75) is 40.2 Å². The van der Waals surface area contributed by atoms with Crippen LogP contribution in [-0.4, -0.2) is 31.7 Å². The van der Waals surface area contributed by atoms with Crippen LogP contribution in [0, 0.1) is 11.3 Å². The molecule has 0 aliphatic rings. The molecule has 0 heterocycles. The van der Waals surface area contributed by atoms with E-state index in [1.54, 1.807) is 7.11 Å². The summed E-state index contributed by atoms with van der Waals surface area (Å²) in [6.07, 6.45) is 1.98. The monoisotopic (exact) mass is 204 g/mol. The van der Waals surface area contributed by atoms with Crippen molar-refractivity contribution < 1.29 is 14.6 Å². The highest BCUT2D eigenvalue weighted by atomic mass is 16.5. The Bertz CT molecular complexity index is 141. The molecular formula is C11H24O3. The third-order valence-corrected chi connectivity index (χ3v) is 2.09. The molecule has 0 rings (SSSR count). The van der Waals surface area contributed by atoms with E-state index in [0.29, 0.717) is 5.92 Å². The van der Waals surface area contributed by atoms with E-state index in [0.717, 1.165) is 19.8 Å². The molecule has 0 amide bonds. The fourth-order valence-electron chi connectivity index (χ4n) is 1.16. The number of carbonyl (C=O) groups excluding carboxylic acids is 1. The van der Waals surface area contributed by atoms with E-state index in [1.807, 2.05) is 13.8 Å². The van der Waals surface area contributed by atoms with Crippen molar-refractivity contribution >= 4 is 6.29 Å². The summed E-state index contributed by atoms with van der Waals surface area (Å²) in [4.78, 5) is 10.6. The van der Waals surface area contributed by atoms with Crippen LogP contribution < -0.4 is 0 Å². The van der Waals surface area contributed by atoms with Gasteiger partial charge in [-0.15, -0.1) is 0 Å². The van der Waals surface area contributed by atoms with E-state index in [2.05, 4.69) is 13.8 Å². The average Bonchev–Trinajstić information content (AvgIpc) is 2.17. The first kappa shape index (κ1) is 16.0. The summed E-state index contributed by atoms with van der Waals surface area (Å²) in [6, 6.07) is 0. The first-order valence-electron chi connectivity index (χ1n) is 4.87. The topological polar surface area (TPSA) is 46.5 Å². The smallest absolute Gasteiger partial charge is 0.125 e. The summed E-state index contributed by atoms with van der Waals surface area (Å²) in [7, 11) is 2.70. The van der Waals surface area contributed by atoms with Gasteiger partial charge in [-0.05, 0) is 12.3 Å². The van der Waals surface area contributed by atoms with Gasteiger partial charge in [-0.3, -0.25) is 0 Å². The lowest BCUT2D eigenvalue weighted by molar-refractivity contribution is -0.116. The summed E-state index contributed by atoms with van der Waals surface area (Å²) in [5.74, 6) is 0.467. The zero-order chi connectivity index (χ0) is 11.8. The van der Waals surface area contributed by atoms with Gasteiger partial charge in [0.1, 0.15) is 6.29 Å². The van der Waals surface area contributed by atoms with Crippen molar-refractivity contribution in [3.05, 3.63) is 0 Å². The molecule has 0 saturated heterocycles. The number of hydrogen-bond donors (Lipinski definition) is 1. The standard InChI is InChI=1S/C10H20O2.CH4O/c1-8(2)9(12-5)6-10(3,4)7-11;1-2/h7-9H,6H2,1-5H3;2H,1H3. The van der Waals surface area contributed by atoms with E-state index in [4.69, 9.17) is 9.84 Å². The second kappa shape index (κ2) is 7.94. The van der Waals surface area contributed by atoms with E-state index in [9.17, 15) is 4.79 Å². The number of ether oxygens (including phenoxy) is 1. The Morgan fingerprint density at radius 2 is 1.79 bits per heavy atom. The number of aliphatic hydroxyl groups is 1. The Balaban J connectivity index is 0. The van der Waals surface area contributed by atoms with Crippen LogP contribution >= 0.6 is 0 Å². The predicted octanol–water partition coefficient (Wildman–Crippen LogP) is 1.88. The maximum absolute atomic E-state index is 10.6. The van der Waals surface area contributed by atoms with E-state index < -0.39 is 0 Å². The molecule has 0 spiro atoms. The summed E-state index contributed by atoms with van der Waals surface area (Å²) in [6.45, 7) is 8.09. The van der Waals surface area contributed by atoms with Crippen molar-refractivity contribution in [2.24, 2.45) is 11.3 Å². The Morgan fingerprint density at radius 3 is 2.00 bits per heavy atom. The molecule has 1 unspecified atom stereocenters. The van der Waals surface area contributed by atoms with Crippen LogP contribution in [0.2, 0.25) is 0 Å². The number of aliphatic hydroxyl groups excluding tert-OH is 1. The van der Waals surface area contributed by atoms with Gasteiger partial charge in [-0.2, -0.15) is 0 Å². The summed E-state index contributed by atoms with van der Waals surface area (Å²) >= 11 is 0. The summed E-state index contributed by atoms with van der Waals surface area (Å²) < 4.78 is 5.29. The minimum atomic E-state index is -0.259. The molecule has 0 aliphatic carbocycles. The lowest BCUT2D eigenvalue weighted by Crippen LogP contribution is -2.27. The fraction of sp³-hybridized carbons (Fsp3) is 0.909. The van der Waals surface area contributed by atoms with Crippen molar-refractivity contribution in [1.29, 1.82) is 0 Å². The number of carbonyl (C=O) groups is 1. The quantitative estimate of drug-likeness (QED) is 0.695. The molecule has 3 heteroatoms. The van der Waals surface area contributed by atoms with Crippen LogP contribution in [0.5, 0.6) is 0 Å². The minimum absolute atomic E-state index is 0.185. The van der Waals surface area contributed by atoms with Crippen molar-refractivity contribution in [3.8, 4) is 0 Å². The van der Waals surface area contributed by atoms with Gasteiger partial charge in [-0.25, -0.2) is 0 Å². The van der Waals surface area contributed by atoms with E-state index >= 15 is 0 Å². The largest absolute Gasteiger partial charge is 0.400 e. The molecule has 1 atom stereocenters. The highest BCUT2D eigenvalue weighted by molar-refractivity contribution is 5.57. The second-order valence-electron chi connectivity index (χ2n) is 4.33. The molecule has 0 aromatic heterocycles. The number of aldehydes is 1.